The number of rotatable bonds is 26. The molecule has 138 heavy (non-hydrogen) atoms. The molecule has 0 unspecified atom stereocenters. The normalized spacial score (nSPS) is 17.3. The number of aromatic nitrogens is 7. The van der Waals surface area contributed by atoms with E-state index >= 15 is 0 Å². The van der Waals surface area contributed by atoms with Gasteiger partial charge in [-0.2, -0.15) is 0 Å². The molecule has 5 aromatic carbocycles. The minimum Gasteiger partial charge on any atom is -0.390 e. The lowest BCUT2D eigenvalue weighted by Gasteiger charge is -2.29. The first-order chi connectivity index (χ1) is 72.0. The first-order valence-corrected chi connectivity index (χ1v) is 47.2. The number of carbonyl (C=O) groups is 6. The van der Waals surface area contributed by atoms with Crippen molar-refractivity contribution in [1.82, 2.24) is 81.9 Å². The van der Waals surface area contributed by atoms with Crippen molar-refractivity contribution < 1.29 is 56.4 Å². The van der Waals surface area contributed by atoms with Crippen molar-refractivity contribution in [1.29, 1.82) is 0 Å². The van der Waals surface area contributed by atoms with E-state index in [2.05, 4.69) is 96.9 Å². The topological polar surface area (TPSA) is 375 Å². The van der Waals surface area contributed by atoms with Crippen molar-refractivity contribution in [3.8, 4) is 0 Å². The highest BCUT2D eigenvalue weighted by atomic mass is 32.1. The Morgan fingerprint density at radius 2 is 0.848 bits per heavy atom. The molecule has 710 valence electrons. The van der Waals surface area contributed by atoms with Gasteiger partial charge >= 0.3 is 0 Å². The van der Waals surface area contributed by atoms with Gasteiger partial charge in [0.15, 0.2) is 0 Å². The predicted octanol–water partition coefficient (Wildman–Crippen LogP) is 13.5. The first kappa shape index (κ1) is 81.9. The second-order valence-corrected chi connectivity index (χ2v) is 36.4. The van der Waals surface area contributed by atoms with E-state index in [-0.39, 0.29) is 116 Å². The Bertz CT molecular complexity index is 7060. The number of thiazole rings is 2. The number of aliphatic imine (C=N–C) groups is 5. The third kappa shape index (κ3) is 26.0. The number of methoxy groups -OCH3 is 1. The minimum atomic E-state index is -2.88. The van der Waals surface area contributed by atoms with Crippen LogP contribution in [0.3, 0.4) is 0 Å². The third-order valence-electron chi connectivity index (χ3n) is 24.2. The Balaban J connectivity index is 0.000000141. The van der Waals surface area contributed by atoms with Crippen LogP contribution in [0.15, 0.2) is 249 Å². The fourth-order valence-corrected chi connectivity index (χ4v) is 18.8. The van der Waals surface area contributed by atoms with Gasteiger partial charge < -0.3 is 56.9 Å². The number of amides is 5. The van der Waals surface area contributed by atoms with Gasteiger partial charge in [0.2, 0.25) is 29.5 Å². The molecule has 7 aliphatic rings. The summed E-state index contributed by atoms with van der Waals surface area (Å²) in [6, 6.07) is 57.3. The van der Waals surface area contributed by atoms with Gasteiger partial charge in [-0.25, -0.2) is 9.97 Å². The smallest absolute Gasteiger partial charge is 0.226 e. The summed E-state index contributed by atoms with van der Waals surface area (Å²) in [6.45, 7) is 1.58. The van der Waals surface area contributed by atoms with E-state index in [1.165, 1.54) is 39.7 Å². The number of nitrogens with one attached hydrogen (secondary N) is 7. The average molecular weight is 1900 g/mol. The quantitative estimate of drug-likeness (QED) is 0.0250. The summed E-state index contributed by atoms with van der Waals surface area (Å²) >= 11 is 3.42. The molecule has 31 heteroatoms. The standard InChI is InChI=1S/C26H28N4O2S.C23H23N5OS.C20H24N4O2.C19H20N4O2.C19H22N4O/c1-26(2,32)22(17-6-4-3-5-7-17)12-20(31)11-19-10-18-13-28-25(21(18)14-27-19)30-9-8-23-24(15-30)33-16-29-23;1-15(16-5-3-2-4-6-16)27-22(29)10-18-9-17-11-25-23(19(17)12-24-18)28-8-7-20-21(13-28)30-14-26-20;1-3-21-20-17-12-22-16(9-15(17)11-23-20)10-19(25)24-18(13-26-2)14-7-5-4-6-8-14;1-12(14-6-4-3-5-7-14)22-18(25)9-16-8-15-10-21-19(23-13(2)24)17(15)11-20-16;1-3-20-19-17-12-21-16(9-15(17)11-22-19)10-18(24)23-13(2)14-7-5-4-6-8-14/h3-7,10,14,16,22,32H,8-9,11-13,15H2,1-2H3;2-6,9,12,14-15H,7-8,10-11,13H2,1H3,(H,27,29);4-9,12,18H,3,10-11,13H2,1-2H3,(H,21,23)(H,24,25);3-8,11-12H,9-10H2,1-2H3,(H,22,25)(H,21,23,24);4-9,12-13H,3,10-11H2,1-2H3,(H,20,22)(H,23,24)/t22-;15-;18-;12-;13-/m01111/s1/i;;1D3,3D2;2D3;1D3,3D2. The maximum atomic E-state index is 13.0. The minimum absolute atomic E-state index is 0.0216. The number of carbonyl (C=O) groups excluding carboxylic acids is 6. The van der Waals surface area contributed by atoms with Gasteiger partial charge in [0.1, 0.15) is 35.0 Å². The first-order valence-electron chi connectivity index (χ1n) is 52.0. The van der Waals surface area contributed by atoms with Crippen molar-refractivity contribution in [2.75, 3.05) is 39.8 Å². The fraction of sp³-hybridized carbons (Fsp3) is 0.327. The van der Waals surface area contributed by atoms with Crippen LogP contribution in [0.5, 0.6) is 0 Å². The number of aliphatic hydroxyl groups is 1. The molecule has 19 rings (SSSR count). The van der Waals surface area contributed by atoms with Gasteiger partial charge in [-0.1, -0.05) is 152 Å². The lowest BCUT2D eigenvalue weighted by Crippen LogP contribution is -2.35. The monoisotopic (exact) mass is 1900 g/mol. The molecule has 12 aromatic rings. The van der Waals surface area contributed by atoms with Gasteiger partial charge in [0.25, 0.3) is 0 Å². The van der Waals surface area contributed by atoms with Crippen molar-refractivity contribution in [2.45, 2.75) is 188 Å². The molecule has 5 atom stereocenters. The molecule has 0 spiro atoms. The van der Waals surface area contributed by atoms with E-state index in [1.54, 1.807) is 61.8 Å². The number of amidine groups is 5. The average Bonchev–Trinajstić information content (AvgIpc) is 1.65. The molecule has 29 nitrogen and oxygen atoms in total. The molecule has 14 heterocycles. The van der Waals surface area contributed by atoms with E-state index in [0.717, 1.165) is 129 Å². The van der Waals surface area contributed by atoms with Crippen LogP contribution in [0.1, 0.15) is 243 Å². The number of ketones is 1. The summed E-state index contributed by atoms with van der Waals surface area (Å²) < 4.78 is 101. The van der Waals surface area contributed by atoms with Crippen LogP contribution in [-0.2, 0) is 124 Å². The summed E-state index contributed by atoms with van der Waals surface area (Å²) in [5.74, 6) is 0.694. The number of benzene rings is 5. The number of hydrogen-bond acceptors (Lipinski definition) is 24. The zero-order valence-electron chi connectivity index (χ0n) is 90.4. The predicted molar refractivity (Wildman–Crippen MR) is 538 cm³/mol. The summed E-state index contributed by atoms with van der Waals surface area (Å²) in [7, 11) is 1.57. The molecule has 0 saturated carbocycles. The highest BCUT2D eigenvalue weighted by Gasteiger charge is 2.34. The van der Waals surface area contributed by atoms with Crippen LogP contribution < -0.4 is 37.2 Å². The SMILES string of the molecule is CC(C)(O)[C@@H](CC(=O)Cc1cc2c(cn1)C(N1CCc3ncsc3C1)=NC2)c1ccccc1.C[C@@H](NC(=O)Cc1cc2c(cn1)C(N1CCc3ncsc3C1)=NC2)c1ccccc1.[2H]C([2H])([2H])C(=O)NC1=NCc2cc(CC(=O)N[C@H](C)c3ccccc3)ncc21.[2H]C([2H])([2H])C([2H])([2H])N=C1NCc2cc(CC(=O)N[C@H](C)c3ccccc3)ncc21.[2H]C([2H])([2H])C([2H])([2H])N=C1NCc2cc(CC(=O)N[C@H](COC)c3ccccc3)ncc21. The Kier molecular flexibility index (Phi) is 27.8. The lowest BCUT2D eigenvalue weighted by molar-refractivity contribution is -0.122. The van der Waals surface area contributed by atoms with Gasteiger partial charge in [0, 0.05) is 171 Å². The van der Waals surface area contributed by atoms with Gasteiger partial charge in [-0.05, 0) is 134 Å². The summed E-state index contributed by atoms with van der Waals surface area (Å²) in [5, 5.41) is 30.7. The van der Waals surface area contributed by atoms with Crippen LogP contribution in [0, 0.1) is 0 Å². The van der Waals surface area contributed by atoms with Crippen LogP contribution in [0.2, 0.25) is 0 Å². The maximum absolute atomic E-state index is 13.0. The zero-order chi connectivity index (χ0) is 108. The molecule has 7 aromatic heterocycles. The van der Waals surface area contributed by atoms with Crippen LogP contribution >= 0.6 is 22.7 Å². The summed E-state index contributed by atoms with van der Waals surface area (Å²) in [5.41, 5.74) is 22.0. The number of fused-ring (bicyclic) bond motifs is 7. The molecule has 5 amide bonds. The van der Waals surface area contributed by atoms with Crippen molar-refractivity contribution in [2.24, 2.45) is 25.0 Å². The molecule has 7 aliphatic heterocycles. The molecule has 8 N–H and O–H groups in total. The molecule has 0 aliphatic carbocycles. The Labute approximate surface area is 831 Å². The van der Waals surface area contributed by atoms with Gasteiger partial charge in [-0.3, -0.25) is 78.6 Å². The van der Waals surface area contributed by atoms with Crippen LogP contribution in [0.25, 0.3) is 0 Å². The van der Waals surface area contributed by atoms with E-state index in [9.17, 15) is 33.9 Å². The van der Waals surface area contributed by atoms with Crippen LogP contribution in [-0.4, -0.2) is 160 Å². The van der Waals surface area contributed by atoms with E-state index < -0.39 is 45.1 Å². The number of ether oxygens (including phenoxy) is 1. The molecule has 0 radical (unpaired) electrons. The zero-order valence-corrected chi connectivity index (χ0v) is 79.0. The van der Waals surface area contributed by atoms with E-state index in [1.807, 2.05) is 208 Å². The van der Waals surface area contributed by atoms with Gasteiger partial charge in [-0.15, -0.1) is 22.7 Å². The Morgan fingerprint density at radius 1 is 0.478 bits per heavy atom. The highest BCUT2D eigenvalue weighted by molar-refractivity contribution is 7.10. The highest BCUT2D eigenvalue weighted by Crippen LogP contribution is 2.35. The maximum Gasteiger partial charge on any atom is 0.226 e. The lowest BCUT2D eigenvalue weighted by atomic mass is 9.80. The van der Waals surface area contributed by atoms with Gasteiger partial charge in [0.05, 0.1) is 145 Å². The number of hydrogen-bond donors (Lipinski definition) is 8. The van der Waals surface area contributed by atoms with Crippen molar-refractivity contribution in [3.05, 3.63) is 357 Å². The number of pyridine rings is 5. The molecule has 0 saturated heterocycles. The molecule has 0 fully saturated rings. The Morgan fingerprint density at radius 3 is 1.25 bits per heavy atom. The number of Topliss-reactive ketones (excluding diaryl/α,β-unsaturated/α-hetero) is 1. The molecule has 0 bridgehead atoms. The third-order valence-corrected chi connectivity index (χ3v) is 26.0. The van der Waals surface area contributed by atoms with Crippen molar-refractivity contribution >= 4 is 87.2 Å². The van der Waals surface area contributed by atoms with Crippen molar-refractivity contribution in [3.63, 3.8) is 0 Å². The largest absolute Gasteiger partial charge is 0.390 e. The fourth-order valence-electron chi connectivity index (χ4n) is 17.2. The Hall–Kier alpha value is -14.4. The summed E-state index contributed by atoms with van der Waals surface area (Å²) in [6.07, 6.45) is 11.2. The number of nitrogens with zero attached hydrogens (tertiary/aromatic N) is 14. The van der Waals surface area contributed by atoms with E-state index in [4.69, 9.17) is 32.5 Å². The van der Waals surface area contributed by atoms with E-state index in [0.29, 0.717) is 73.1 Å². The second-order valence-electron chi connectivity index (χ2n) is 34.5. The molecular weight excluding hydrogens is 1770 g/mol. The van der Waals surface area contributed by atoms with Crippen LogP contribution in [0.4, 0.5) is 0 Å². The molecular formula is C107H117N21O8S2. The second kappa shape index (κ2) is 46.9. The summed E-state index contributed by atoms with van der Waals surface area (Å²) in [4.78, 5) is 134.